The van der Waals surface area contributed by atoms with Gasteiger partial charge in [-0.05, 0) is 73.2 Å². The molecule has 2 fully saturated rings. The third-order valence-electron chi connectivity index (χ3n) is 10.6. The average Bonchev–Trinajstić information content (AvgIpc) is 3.70. The molecule has 3 aromatic carbocycles. The maximum Gasteiger partial charge on any atom is 0.317 e. The minimum Gasteiger partial charge on any atom is -0.355 e. The van der Waals surface area contributed by atoms with Gasteiger partial charge in [-0.25, -0.2) is 14.8 Å². The van der Waals surface area contributed by atoms with Gasteiger partial charge in [0.1, 0.15) is 5.69 Å². The summed E-state index contributed by atoms with van der Waals surface area (Å²) in [6.07, 6.45) is 7.18. The minimum atomic E-state index is -0.395. The number of aromatic nitrogens is 4. The van der Waals surface area contributed by atoms with Gasteiger partial charge in [0.15, 0.2) is 5.82 Å². The van der Waals surface area contributed by atoms with Gasteiger partial charge in [0, 0.05) is 75.5 Å². The Balaban J connectivity index is 1.11. The van der Waals surface area contributed by atoms with E-state index in [1.807, 2.05) is 71.6 Å². The number of anilines is 2. The lowest BCUT2D eigenvalue weighted by molar-refractivity contribution is 0.102. The summed E-state index contributed by atoms with van der Waals surface area (Å²) >= 11 is 20.0. The van der Waals surface area contributed by atoms with Crippen LogP contribution >= 0.6 is 34.8 Å². The predicted octanol–water partition coefficient (Wildman–Crippen LogP) is 9.03. The molecule has 3 aliphatic heterocycles. The van der Waals surface area contributed by atoms with Crippen molar-refractivity contribution in [1.29, 1.82) is 0 Å². The zero-order chi connectivity index (χ0) is 36.2. The number of nitrogens with one attached hydrogen (secondary N) is 3. The van der Waals surface area contributed by atoms with Crippen molar-refractivity contribution < 1.29 is 9.59 Å². The van der Waals surface area contributed by atoms with Crippen molar-refractivity contribution in [3.8, 4) is 22.5 Å². The van der Waals surface area contributed by atoms with Crippen molar-refractivity contribution in [2.45, 2.75) is 37.8 Å². The quantitative estimate of drug-likeness (QED) is 0.157. The number of hydrogen-bond acceptors (Lipinski definition) is 5. The normalized spacial score (nSPS) is 17.4. The molecular weight excluding hydrogens is 731 g/mol. The molecule has 3 N–H and O–H groups in total. The van der Waals surface area contributed by atoms with Gasteiger partial charge in [-0.3, -0.25) is 4.79 Å². The second-order valence-electron chi connectivity index (χ2n) is 13.8. The molecule has 3 amide bonds. The van der Waals surface area contributed by atoms with Crippen LogP contribution in [0.15, 0.2) is 85.3 Å². The molecule has 268 valence electrons. The number of H-pyrrole nitrogens is 1. The summed E-state index contributed by atoms with van der Waals surface area (Å²) in [5.41, 5.74) is 6.57. The summed E-state index contributed by atoms with van der Waals surface area (Å²) in [6.45, 7) is 2.93. The molecule has 3 aliphatic rings. The van der Waals surface area contributed by atoms with Crippen LogP contribution in [-0.4, -0.2) is 68.6 Å². The standard InChI is InChI=1S/C40H35Cl3N8O2/c41-24-10-11-27(29(43)20-24)36-28-19-25(42)21-31-32(28)33(37-34(46-22-51(36)37)23-7-2-1-3-8-23)35(47-31)39(52)48-30-9-6-15-44-38(30)49-17-12-26(13-18-49)50-16-5-4-14-45-40(50)53/h1-3,6-11,15,19-22,26,36,47H,4-5,12-14,16-18H2,(H,45,53)(H,48,52). The van der Waals surface area contributed by atoms with Crippen molar-refractivity contribution in [1.82, 2.24) is 29.7 Å². The third-order valence-corrected chi connectivity index (χ3v) is 11.4. The fourth-order valence-electron chi connectivity index (χ4n) is 8.23. The molecule has 53 heavy (non-hydrogen) atoms. The SMILES string of the molecule is O=C(Nc1cccnc1N1CCC(N2CCCCNC2=O)CC1)c1[nH]c2cc(Cl)cc3c2c1-c1c(-c2ccccc2)ncn1C3c1ccc(Cl)cc1Cl. The number of urea groups is 1. The number of carbonyl (C=O) groups excluding carboxylic acids is 2. The minimum absolute atomic E-state index is 0.0258. The predicted molar refractivity (Wildman–Crippen MR) is 210 cm³/mol. The fraction of sp³-hybridized carbons (Fsp3) is 0.250. The fourth-order valence-corrected chi connectivity index (χ4v) is 8.97. The molecule has 2 saturated heterocycles. The molecule has 0 saturated carbocycles. The van der Waals surface area contributed by atoms with E-state index in [0.717, 1.165) is 83.3 Å². The van der Waals surface area contributed by atoms with Crippen LogP contribution in [0.3, 0.4) is 0 Å². The topological polar surface area (TPSA) is 111 Å². The number of aromatic amines is 1. The van der Waals surface area contributed by atoms with E-state index < -0.39 is 6.04 Å². The molecular formula is C40H35Cl3N8O2. The van der Waals surface area contributed by atoms with E-state index >= 15 is 0 Å². The van der Waals surface area contributed by atoms with Gasteiger partial charge in [-0.1, -0.05) is 71.2 Å². The molecule has 0 spiro atoms. The van der Waals surface area contributed by atoms with Crippen molar-refractivity contribution in [3.05, 3.63) is 117 Å². The highest BCUT2D eigenvalue weighted by atomic mass is 35.5. The van der Waals surface area contributed by atoms with Gasteiger partial charge in [0.05, 0.1) is 29.4 Å². The van der Waals surface area contributed by atoms with Gasteiger partial charge in [0.25, 0.3) is 5.91 Å². The van der Waals surface area contributed by atoms with E-state index in [4.69, 9.17) is 44.8 Å². The lowest BCUT2D eigenvalue weighted by atomic mass is 9.87. The van der Waals surface area contributed by atoms with E-state index in [2.05, 4.69) is 25.1 Å². The van der Waals surface area contributed by atoms with E-state index in [-0.39, 0.29) is 18.0 Å². The van der Waals surface area contributed by atoms with Crippen LogP contribution in [0.25, 0.3) is 33.4 Å². The molecule has 1 atom stereocenters. The Labute approximate surface area is 321 Å². The van der Waals surface area contributed by atoms with Gasteiger partial charge in [-0.2, -0.15) is 0 Å². The second kappa shape index (κ2) is 13.7. The monoisotopic (exact) mass is 764 g/mol. The Hall–Kier alpha value is -5.03. The van der Waals surface area contributed by atoms with Gasteiger partial charge < -0.3 is 30.0 Å². The van der Waals surface area contributed by atoms with Crippen molar-refractivity contribution >= 4 is 69.1 Å². The van der Waals surface area contributed by atoms with E-state index in [1.54, 1.807) is 18.6 Å². The summed E-state index contributed by atoms with van der Waals surface area (Å²) in [6, 6.07) is 22.7. The number of imidazole rings is 1. The Kier molecular flexibility index (Phi) is 8.76. The molecule has 3 aromatic heterocycles. The largest absolute Gasteiger partial charge is 0.355 e. The first-order valence-corrected chi connectivity index (χ1v) is 19.0. The molecule has 1 unspecified atom stereocenters. The summed E-state index contributed by atoms with van der Waals surface area (Å²) in [5.74, 6) is 0.374. The zero-order valence-corrected chi connectivity index (χ0v) is 30.8. The Morgan fingerprint density at radius 2 is 1.70 bits per heavy atom. The number of amides is 3. The first-order valence-electron chi connectivity index (χ1n) is 17.8. The van der Waals surface area contributed by atoms with Crippen LogP contribution in [0, 0.1) is 0 Å². The number of piperidine rings is 1. The third kappa shape index (κ3) is 5.99. The van der Waals surface area contributed by atoms with E-state index in [9.17, 15) is 9.59 Å². The lowest BCUT2D eigenvalue weighted by Gasteiger charge is -2.38. The summed E-state index contributed by atoms with van der Waals surface area (Å²) in [5, 5.41) is 8.66. The second-order valence-corrected chi connectivity index (χ2v) is 15.0. The molecule has 10 nitrogen and oxygen atoms in total. The number of carbonyl (C=O) groups is 2. The highest BCUT2D eigenvalue weighted by Crippen LogP contribution is 2.51. The van der Waals surface area contributed by atoms with Crippen LogP contribution < -0.4 is 15.5 Å². The van der Waals surface area contributed by atoms with Crippen molar-refractivity contribution in [2.24, 2.45) is 0 Å². The van der Waals surface area contributed by atoms with E-state index in [1.165, 1.54) is 0 Å². The Bertz CT molecular complexity index is 2380. The number of nitrogens with zero attached hydrogens (tertiary/aromatic N) is 5. The van der Waals surface area contributed by atoms with Crippen LogP contribution in [-0.2, 0) is 0 Å². The first kappa shape index (κ1) is 33.8. The number of fused-ring (bicyclic) bond motifs is 2. The smallest absolute Gasteiger partial charge is 0.317 e. The lowest BCUT2D eigenvalue weighted by Crippen LogP contribution is -2.50. The van der Waals surface area contributed by atoms with Crippen molar-refractivity contribution in [2.75, 3.05) is 36.4 Å². The number of benzene rings is 3. The van der Waals surface area contributed by atoms with Crippen molar-refractivity contribution in [3.63, 3.8) is 0 Å². The van der Waals surface area contributed by atoms with Gasteiger partial charge >= 0.3 is 6.03 Å². The Morgan fingerprint density at radius 1 is 0.868 bits per heavy atom. The number of pyridine rings is 1. The maximum absolute atomic E-state index is 14.6. The summed E-state index contributed by atoms with van der Waals surface area (Å²) in [4.78, 5) is 44.7. The highest BCUT2D eigenvalue weighted by molar-refractivity contribution is 6.35. The number of rotatable bonds is 6. The van der Waals surface area contributed by atoms with Crippen LogP contribution in [0.4, 0.5) is 16.3 Å². The van der Waals surface area contributed by atoms with Crippen LogP contribution in [0.2, 0.25) is 15.1 Å². The zero-order valence-electron chi connectivity index (χ0n) is 28.6. The molecule has 6 aromatic rings. The maximum atomic E-state index is 14.6. The molecule has 0 radical (unpaired) electrons. The van der Waals surface area contributed by atoms with E-state index in [0.29, 0.717) is 45.4 Å². The number of halogens is 3. The van der Waals surface area contributed by atoms with Crippen LogP contribution in [0.5, 0.6) is 0 Å². The Morgan fingerprint density at radius 3 is 2.51 bits per heavy atom. The van der Waals surface area contributed by atoms with Gasteiger partial charge in [-0.15, -0.1) is 0 Å². The molecule has 13 heteroatoms. The average molecular weight is 766 g/mol. The molecule has 9 rings (SSSR count). The molecule has 6 heterocycles. The summed E-state index contributed by atoms with van der Waals surface area (Å²) < 4.78 is 2.07. The molecule has 0 aliphatic carbocycles. The first-order chi connectivity index (χ1) is 25.9. The van der Waals surface area contributed by atoms with Gasteiger partial charge in [0.2, 0.25) is 0 Å². The highest BCUT2D eigenvalue weighted by Gasteiger charge is 2.37. The molecule has 0 bridgehead atoms. The number of hydrogen-bond donors (Lipinski definition) is 3. The van der Waals surface area contributed by atoms with Crippen LogP contribution in [0.1, 0.15) is 53.3 Å². The summed E-state index contributed by atoms with van der Waals surface area (Å²) in [7, 11) is 0.